The minimum atomic E-state index is -3.43. The first kappa shape index (κ1) is 22.0. The maximum absolute atomic E-state index is 13.5. The van der Waals surface area contributed by atoms with Gasteiger partial charge in [-0.05, 0) is 62.5 Å². The molecule has 13 heteroatoms. The lowest BCUT2D eigenvalue weighted by Gasteiger charge is -2.34. The lowest BCUT2D eigenvalue weighted by Crippen LogP contribution is -2.37. The highest BCUT2D eigenvalue weighted by Gasteiger charge is 2.31. The first-order valence-electron chi connectivity index (χ1n) is 9.38. The SMILES string of the molecule is CS(=O)(=O)N1CCC(Nc2nonc2/C(=N/O)Nc2ccc(F)c(Br)c2)c2ccccc21. The second-order valence-corrected chi connectivity index (χ2v) is 9.80. The molecule has 0 aliphatic carbocycles. The van der Waals surface area contributed by atoms with Crippen LogP contribution in [0.5, 0.6) is 0 Å². The third kappa shape index (κ3) is 4.39. The zero-order valence-electron chi connectivity index (χ0n) is 16.7. The highest BCUT2D eigenvalue weighted by Crippen LogP contribution is 2.37. The van der Waals surface area contributed by atoms with Crippen LogP contribution in [0.25, 0.3) is 0 Å². The van der Waals surface area contributed by atoms with Crippen molar-refractivity contribution >= 4 is 49.0 Å². The molecule has 2 aromatic carbocycles. The highest BCUT2D eigenvalue weighted by atomic mass is 79.9. The van der Waals surface area contributed by atoms with E-state index in [0.717, 1.165) is 5.56 Å². The van der Waals surface area contributed by atoms with Crippen molar-refractivity contribution in [2.45, 2.75) is 12.5 Å². The van der Waals surface area contributed by atoms with Crippen molar-refractivity contribution < 1.29 is 22.6 Å². The summed E-state index contributed by atoms with van der Waals surface area (Å²) in [5.74, 6) is -0.323. The van der Waals surface area contributed by atoms with Gasteiger partial charge in [-0.2, -0.15) is 0 Å². The average molecular weight is 525 g/mol. The van der Waals surface area contributed by atoms with Gasteiger partial charge in [0.15, 0.2) is 5.69 Å². The Labute approximate surface area is 191 Å². The predicted octanol–water partition coefficient (Wildman–Crippen LogP) is 3.54. The second-order valence-electron chi connectivity index (χ2n) is 7.04. The van der Waals surface area contributed by atoms with Crippen LogP contribution >= 0.6 is 15.9 Å². The van der Waals surface area contributed by atoms with Crippen LogP contribution in [0.4, 0.5) is 21.6 Å². The summed E-state index contributed by atoms with van der Waals surface area (Å²) < 4.78 is 44.3. The van der Waals surface area contributed by atoms with Gasteiger partial charge in [0.25, 0.3) is 0 Å². The molecule has 1 unspecified atom stereocenters. The fourth-order valence-electron chi connectivity index (χ4n) is 3.47. The molecule has 1 atom stereocenters. The summed E-state index contributed by atoms with van der Waals surface area (Å²) in [6.07, 6.45) is 1.63. The molecule has 4 rings (SSSR count). The topological polar surface area (TPSA) is 133 Å². The van der Waals surface area contributed by atoms with E-state index < -0.39 is 15.8 Å². The van der Waals surface area contributed by atoms with Crippen LogP contribution in [0.1, 0.15) is 23.7 Å². The van der Waals surface area contributed by atoms with E-state index >= 15 is 0 Å². The lowest BCUT2D eigenvalue weighted by atomic mass is 9.98. The lowest BCUT2D eigenvalue weighted by molar-refractivity contribution is 0.304. The minimum Gasteiger partial charge on any atom is -0.409 e. The van der Waals surface area contributed by atoms with Gasteiger partial charge in [0.05, 0.1) is 22.5 Å². The number of anilines is 3. The molecule has 0 saturated carbocycles. The summed E-state index contributed by atoms with van der Waals surface area (Å²) in [6, 6.07) is 11.0. The van der Waals surface area contributed by atoms with Crippen LogP contribution in [0, 0.1) is 5.82 Å². The Morgan fingerprint density at radius 2 is 2.09 bits per heavy atom. The summed E-state index contributed by atoms with van der Waals surface area (Å²) in [5.41, 5.74) is 1.86. The molecule has 2 heterocycles. The molecule has 0 saturated heterocycles. The number of para-hydroxylation sites is 1. The summed E-state index contributed by atoms with van der Waals surface area (Å²) in [4.78, 5) is 0. The van der Waals surface area contributed by atoms with Crippen molar-refractivity contribution in [2.24, 2.45) is 5.16 Å². The normalized spacial score (nSPS) is 16.5. The maximum Gasteiger partial charge on any atom is 0.232 e. The first-order chi connectivity index (χ1) is 15.3. The van der Waals surface area contributed by atoms with Crippen molar-refractivity contribution in [1.29, 1.82) is 0 Å². The molecule has 168 valence electrons. The molecule has 3 N–H and O–H groups in total. The van der Waals surface area contributed by atoms with Crippen molar-refractivity contribution in [3.8, 4) is 0 Å². The smallest absolute Gasteiger partial charge is 0.232 e. The predicted molar refractivity (Wildman–Crippen MR) is 120 cm³/mol. The monoisotopic (exact) mass is 524 g/mol. The number of amidine groups is 1. The Balaban J connectivity index is 1.60. The average Bonchev–Trinajstić information content (AvgIpc) is 3.22. The van der Waals surface area contributed by atoms with Crippen molar-refractivity contribution in [3.05, 3.63) is 64.0 Å². The van der Waals surface area contributed by atoms with Gasteiger partial charge in [-0.3, -0.25) is 4.31 Å². The molecule has 1 aromatic heterocycles. The number of rotatable bonds is 5. The fraction of sp³-hybridized carbons (Fsp3) is 0.211. The number of benzene rings is 2. The molecule has 0 spiro atoms. The quantitative estimate of drug-likeness (QED) is 0.200. The molecule has 32 heavy (non-hydrogen) atoms. The number of sulfonamides is 1. The van der Waals surface area contributed by atoms with Crippen LogP contribution in [-0.2, 0) is 10.0 Å². The number of halogens is 2. The number of hydrogen-bond donors (Lipinski definition) is 3. The Morgan fingerprint density at radius 3 is 2.81 bits per heavy atom. The van der Waals surface area contributed by atoms with Gasteiger partial charge >= 0.3 is 0 Å². The molecular formula is C19H18BrFN6O4S. The van der Waals surface area contributed by atoms with E-state index in [1.165, 1.54) is 28.8 Å². The summed E-state index contributed by atoms with van der Waals surface area (Å²) in [6.45, 7) is 0.275. The Kier molecular flexibility index (Phi) is 6.02. The van der Waals surface area contributed by atoms with Crippen LogP contribution in [0.15, 0.2) is 56.7 Å². The molecule has 10 nitrogen and oxygen atoms in total. The summed E-state index contributed by atoms with van der Waals surface area (Å²) >= 11 is 3.10. The molecule has 0 bridgehead atoms. The van der Waals surface area contributed by atoms with Gasteiger partial charge in [-0.25, -0.2) is 17.4 Å². The third-order valence-corrected chi connectivity index (χ3v) is 6.70. The molecule has 1 aliphatic rings. The summed E-state index contributed by atoms with van der Waals surface area (Å²) in [5, 5.41) is 26.4. The van der Waals surface area contributed by atoms with Gasteiger partial charge in [0.2, 0.25) is 21.7 Å². The zero-order valence-corrected chi connectivity index (χ0v) is 19.1. The molecule has 1 aliphatic heterocycles. The second kappa shape index (κ2) is 8.74. The van der Waals surface area contributed by atoms with Crippen LogP contribution in [-0.4, -0.2) is 42.6 Å². The minimum absolute atomic E-state index is 0.0749. The van der Waals surface area contributed by atoms with E-state index in [9.17, 15) is 18.0 Å². The fourth-order valence-corrected chi connectivity index (χ4v) is 4.81. The number of hydrogen-bond acceptors (Lipinski definition) is 8. The van der Waals surface area contributed by atoms with Gasteiger partial charge in [0, 0.05) is 12.2 Å². The van der Waals surface area contributed by atoms with Gasteiger partial charge in [0.1, 0.15) is 5.82 Å². The van der Waals surface area contributed by atoms with Gasteiger partial charge in [-0.1, -0.05) is 23.4 Å². The van der Waals surface area contributed by atoms with E-state index in [1.54, 1.807) is 12.1 Å². The van der Waals surface area contributed by atoms with Crippen molar-refractivity contribution in [3.63, 3.8) is 0 Å². The standard InChI is InChI=1S/C19H18BrFN6O4S/c1-32(29,30)27-9-8-15(12-4-2-3-5-16(12)27)23-19-17(25-31-26-19)18(24-28)22-11-6-7-14(21)13(20)10-11/h2-7,10,15,28H,8-9H2,1H3,(H,22,24)(H,23,26). The Morgan fingerprint density at radius 1 is 1.31 bits per heavy atom. The highest BCUT2D eigenvalue weighted by molar-refractivity contribution is 9.10. The van der Waals surface area contributed by atoms with E-state index in [2.05, 4.69) is 42.0 Å². The van der Waals surface area contributed by atoms with E-state index in [-0.39, 0.29) is 34.4 Å². The molecule has 0 radical (unpaired) electrons. The zero-order chi connectivity index (χ0) is 22.9. The van der Waals surface area contributed by atoms with Crippen molar-refractivity contribution in [2.75, 3.05) is 27.7 Å². The van der Waals surface area contributed by atoms with E-state index in [1.807, 2.05) is 12.1 Å². The molecule has 3 aromatic rings. The van der Waals surface area contributed by atoms with Crippen molar-refractivity contribution in [1.82, 2.24) is 10.3 Å². The number of fused-ring (bicyclic) bond motifs is 1. The Bertz CT molecular complexity index is 1280. The van der Waals surface area contributed by atoms with Crippen LogP contribution in [0.3, 0.4) is 0 Å². The van der Waals surface area contributed by atoms with E-state index in [4.69, 9.17) is 4.63 Å². The van der Waals surface area contributed by atoms with Gasteiger partial charge < -0.3 is 15.8 Å². The van der Waals surface area contributed by atoms with Gasteiger partial charge in [-0.15, -0.1) is 0 Å². The first-order valence-corrected chi connectivity index (χ1v) is 12.0. The molecule has 0 fully saturated rings. The Hall–Kier alpha value is -3.19. The number of nitrogens with one attached hydrogen (secondary N) is 2. The number of aromatic nitrogens is 2. The number of nitrogens with zero attached hydrogens (tertiary/aromatic N) is 4. The maximum atomic E-state index is 13.5. The molecular weight excluding hydrogens is 507 g/mol. The van der Waals surface area contributed by atoms with Crippen LogP contribution < -0.4 is 14.9 Å². The third-order valence-electron chi connectivity index (χ3n) is 4.91. The van der Waals surface area contributed by atoms with E-state index in [0.29, 0.717) is 17.8 Å². The number of oxime groups is 1. The van der Waals surface area contributed by atoms with Crippen LogP contribution in [0.2, 0.25) is 0 Å². The largest absolute Gasteiger partial charge is 0.409 e. The molecule has 0 amide bonds. The summed E-state index contributed by atoms with van der Waals surface area (Å²) in [7, 11) is -3.43.